The van der Waals surface area contributed by atoms with Gasteiger partial charge in [0.1, 0.15) is 5.75 Å². The highest BCUT2D eigenvalue weighted by Gasteiger charge is 2.28. The quantitative estimate of drug-likeness (QED) is 0.731. The van der Waals surface area contributed by atoms with Crippen molar-refractivity contribution in [2.24, 2.45) is 0 Å². The third kappa shape index (κ3) is 6.78. The van der Waals surface area contributed by atoms with Gasteiger partial charge in [0.2, 0.25) is 5.88 Å². The molecule has 10 heteroatoms. The number of benzene rings is 1. The van der Waals surface area contributed by atoms with E-state index < -0.39 is 24.6 Å². The van der Waals surface area contributed by atoms with Crippen LogP contribution in [0.3, 0.4) is 0 Å². The standard InChI is InChI=1S/C18H18F3N3O4/c1-11-3-4-12(2)14(7-11)27-9-15(25)23-24-17(26)13-5-6-16(22-8-13)28-10-18(19,20)21/h3-8H,9-10H2,1-2H3,(H,23,25)(H,24,26). The van der Waals surface area contributed by atoms with E-state index in [1.54, 1.807) is 6.07 Å². The van der Waals surface area contributed by atoms with Gasteiger partial charge in [-0.15, -0.1) is 0 Å². The van der Waals surface area contributed by atoms with Gasteiger partial charge in [0.05, 0.1) is 5.56 Å². The molecular weight excluding hydrogens is 379 g/mol. The molecule has 1 aromatic carbocycles. The summed E-state index contributed by atoms with van der Waals surface area (Å²) < 4.78 is 46.1. The molecule has 0 spiro atoms. The Morgan fingerprint density at radius 2 is 1.82 bits per heavy atom. The van der Waals surface area contributed by atoms with Gasteiger partial charge in [0.15, 0.2) is 13.2 Å². The van der Waals surface area contributed by atoms with E-state index in [4.69, 9.17) is 4.74 Å². The second-order valence-corrected chi connectivity index (χ2v) is 5.85. The van der Waals surface area contributed by atoms with Crippen LogP contribution >= 0.6 is 0 Å². The zero-order chi connectivity index (χ0) is 20.7. The normalized spacial score (nSPS) is 10.9. The van der Waals surface area contributed by atoms with Crippen molar-refractivity contribution in [2.45, 2.75) is 20.0 Å². The van der Waals surface area contributed by atoms with Crippen LogP contribution in [0.4, 0.5) is 13.2 Å². The Labute approximate surface area is 158 Å². The number of amides is 2. The minimum absolute atomic E-state index is 0.0232. The average molecular weight is 397 g/mol. The van der Waals surface area contributed by atoms with E-state index >= 15 is 0 Å². The summed E-state index contributed by atoms with van der Waals surface area (Å²) in [6.45, 7) is 1.93. The van der Waals surface area contributed by atoms with Gasteiger partial charge in [-0.1, -0.05) is 12.1 Å². The van der Waals surface area contributed by atoms with Crippen LogP contribution in [-0.2, 0) is 4.79 Å². The zero-order valence-corrected chi connectivity index (χ0v) is 15.1. The summed E-state index contributed by atoms with van der Waals surface area (Å²) in [5.41, 5.74) is 6.19. The number of hydrogen-bond acceptors (Lipinski definition) is 5. The summed E-state index contributed by atoms with van der Waals surface area (Å²) in [5, 5.41) is 0. The second kappa shape index (κ2) is 9.07. The molecule has 2 rings (SSSR count). The molecule has 1 heterocycles. The largest absolute Gasteiger partial charge is 0.483 e. The number of pyridine rings is 1. The zero-order valence-electron chi connectivity index (χ0n) is 15.1. The number of ether oxygens (including phenoxy) is 2. The molecule has 0 atom stereocenters. The fourth-order valence-electron chi connectivity index (χ4n) is 2.00. The Balaban J connectivity index is 1.79. The molecule has 150 valence electrons. The minimum atomic E-state index is -4.49. The summed E-state index contributed by atoms with van der Waals surface area (Å²) in [7, 11) is 0. The molecule has 0 saturated carbocycles. The lowest BCUT2D eigenvalue weighted by Crippen LogP contribution is -2.43. The number of nitrogens with one attached hydrogen (secondary N) is 2. The van der Waals surface area contributed by atoms with Gasteiger partial charge >= 0.3 is 6.18 Å². The fourth-order valence-corrected chi connectivity index (χ4v) is 2.00. The molecule has 0 radical (unpaired) electrons. The Morgan fingerprint density at radius 1 is 1.07 bits per heavy atom. The molecule has 7 nitrogen and oxygen atoms in total. The highest BCUT2D eigenvalue weighted by atomic mass is 19.4. The van der Waals surface area contributed by atoms with Crippen LogP contribution < -0.4 is 20.3 Å². The van der Waals surface area contributed by atoms with Gasteiger partial charge in [-0.3, -0.25) is 20.4 Å². The number of nitrogens with zero attached hydrogens (tertiary/aromatic N) is 1. The van der Waals surface area contributed by atoms with Crippen LogP contribution in [0.1, 0.15) is 21.5 Å². The Morgan fingerprint density at radius 3 is 2.46 bits per heavy atom. The summed E-state index contributed by atoms with van der Waals surface area (Å²) in [4.78, 5) is 27.3. The molecule has 28 heavy (non-hydrogen) atoms. The lowest BCUT2D eigenvalue weighted by atomic mass is 10.1. The van der Waals surface area contributed by atoms with E-state index in [0.717, 1.165) is 23.4 Å². The molecule has 0 aliphatic heterocycles. The fraction of sp³-hybridized carbons (Fsp3) is 0.278. The molecular formula is C18H18F3N3O4. The lowest BCUT2D eigenvalue weighted by Gasteiger charge is -2.11. The molecule has 0 saturated heterocycles. The first kappa shape index (κ1) is 21.0. The maximum atomic E-state index is 12.1. The van der Waals surface area contributed by atoms with Crippen molar-refractivity contribution < 1.29 is 32.2 Å². The second-order valence-electron chi connectivity index (χ2n) is 5.85. The summed E-state index contributed by atoms with van der Waals surface area (Å²) in [5.74, 6) is -1.01. The monoisotopic (exact) mass is 397 g/mol. The number of halogens is 3. The van der Waals surface area contributed by atoms with Gasteiger partial charge in [-0.25, -0.2) is 4.98 Å². The van der Waals surface area contributed by atoms with E-state index in [2.05, 4.69) is 20.6 Å². The molecule has 0 bridgehead atoms. The number of aryl methyl sites for hydroxylation is 2. The molecule has 0 aliphatic carbocycles. The van der Waals surface area contributed by atoms with Crippen LogP contribution in [0.5, 0.6) is 11.6 Å². The van der Waals surface area contributed by atoms with E-state index in [1.807, 2.05) is 26.0 Å². The van der Waals surface area contributed by atoms with E-state index in [9.17, 15) is 22.8 Å². The first-order valence-corrected chi connectivity index (χ1v) is 8.09. The van der Waals surface area contributed by atoms with Crippen molar-refractivity contribution in [3.8, 4) is 11.6 Å². The summed E-state index contributed by atoms with van der Waals surface area (Å²) in [6.07, 6.45) is -3.46. The van der Waals surface area contributed by atoms with Crippen molar-refractivity contribution in [1.82, 2.24) is 15.8 Å². The Kier molecular flexibility index (Phi) is 6.80. The molecule has 2 aromatic rings. The maximum absolute atomic E-state index is 12.1. The van der Waals surface area contributed by atoms with Gasteiger partial charge < -0.3 is 9.47 Å². The third-order valence-corrected chi connectivity index (χ3v) is 3.40. The smallest absolute Gasteiger partial charge is 0.422 e. The van der Waals surface area contributed by atoms with Gasteiger partial charge in [0, 0.05) is 12.3 Å². The van der Waals surface area contributed by atoms with Gasteiger partial charge in [0.25, 0.3) is 11.8 Å². The molecule has 0 unspecified atom stereocenters. The molecule has 0 fully saturated rings. The van der Waals surface area contributed by atoms with Crippen LogP contribution in [0.2, 0.25) is 0 Å². The number of hydrogen-bond donors (Lipinski definition) is 2. The summed E-state index contributed by atoms with van der Waals surface area (Å²) >= 11 is 0. The van der Waals surface area contributed by atoms with Crippen molar-refractivity contribution >= 4 is 11.8 Å². The van der Waals surface area contributed by atoms with E-state index in [-0.39, 0.29) is 18.1 Å². The van der Waals surface area contributed by atoms with Crippen LogP contribution in [0.15, 0.2) is 36.5 Å². The van der Waals surface area contributed by atoms with Crippen LogP contribution in [0, 0.1) is 13.8 Å². The SMILES string of the molecule is Cc1ccc(C)c(OCC(=O)NNC(=O)c2ccc(OCC(F)(F)F)nc2)c1. The lowest BCUT2D eigenvalue weighted by molar-refractivity contribution is -0.154. The van der Waals surface area contributed by atoms with Crippen LogP contribution in [0.25, 0.3) is 0 Å². The molecule has 1 aromatic heterocycles. The Hall–Kier alpha value is -3.30. The number of alkyl halides is 3. The van der Waals surface area contributed by atoms with E-state index in [0.29, 0.717) is 5.75 Å². The highest BCUT2D eigenvalue weighted by Crippen LogP contribution is 2.19. The van der Waals surface area contributed by atoms with Crippen molar-refractivity contribution in [3.63, 3.8) is 0 Å². The number of hydrazine groups is 1. The number of rotatable bonds is 6. The Bertz CT molecular complexity index is 839. The maximum Gasteiger partial charge on any atom is 0.422 e. The predicted octanol–water partition coefficient (Wildman–Crippen LogP) is 2.48. The summed E-state index contributed by atoms with van der Waals surface area (Å²) in [6, 6.07) is 7.89. The number of carbonyl (C=O) groups excluding carboxylic acids is 2. The predicted molar refractivity (Wildman–Crippen MR) is 92.8 cm³/mol. The van der Waals surface area contributed by atoms with Crippen molar-refractivity contribution in [2.75, 3.05) is 13.2 Å². The van der Waals surface area contributed by atoms with Crippen LogP contribution in [-0.4, -0.2) is 36.2 Å². The first-order valence-electron chi connectivity index (χ1n) is 8.09. The third-order valence-electron chi connectivity index (χ3n) is 3.40. The minimum Gasteiger partial charge on any atom is -0.483 e. The van der Waals surface area contributed by atoms with E-state index in [1.165, 1.54) is 6.07 Å². The topological polar surface area (TPSA) is 89.6 Å². The highest BCUT2D eigenvalue weighted by molar-refractivity contribution is 5.95. The molecule has 2 N–H and O–H groups in total. The molecule has 2 amide bonds. The number of carbonyl (C=O) groups is 2. The van der Waals surface area contributed by atoms with Gasteiger partial charge in [-0.05, 0) is 37.1 Å². The number of aromatic nitrogens is 1. The first-order chi connectivity index (χ1) is 13.1. The van der Waals surface area contributed by atoms with Crippen molar-refractivity contribution in [1.29, 1.82) is 0 Å². The average Bonchev–Trinajstić information content (AvgIpc) is 2.65. The van der Waals surface area contributed by atoms with Gasteiger partial charge in [-0.2, -0.15) is 13.2 Å². The van der Waals surface area contributed by atoms with Crippen molar-refractivity contribution in [3.05, 3.63) is 53.2 Å². The molecule has 0 aliphatic rings.